The number of nitrogens with zero attached hydrogens (tertiary/aromatic N) is 1. The van der Waals surface area contributed by atoms with Crippen molar-refractivity contribution in [1.82, 2.24) is 10.2 Å². The third-order valence-corrected chi connectivity index (χ3v) is 7.14. The molecular weight excluding hydrogens is 400 g/mol. The van der Waals surface area contributed by atoms with Crippen LogP contribution in [0.2, 0.25) is 5.02 Å². The highest BCUT2D eigenvalue weighted by Gasteiger charge is 2.40. The summed E-state index contributed by atoms with van der Waals surface area (Å²) in [6.07, 6.45) is 4.08. The number of carbonyl (C=O) groups excluding carboxylic acids is 1. The topological polar surface area (TPSA) is 69.6 Å². The minimum Gasteiger partial charge on any atom is -0.481 e. The molecule has 1 aromatic carbocycles. The molecule has 0 aromatic heterocycles. The van der Waals surface area contributed by atoms with Crippen molar-refractivity contribution in [3.8, 4) is 0 Å². The predicted molar refractivity (Wildman–Crippen MR) is 120 cm³/mol. The lowest BCUT2D eigenvalue weighted by atomic mass is 9.66. The molecule has 0 saturated heterocycles. The van der Waals surface area contributed by atoms with Gasteiger partial charge in [0.15, 0.2) is 0 Å². The van der Waals surface area contributed by atoms with E-state index in [2.05, 4.69) is 45.1 Å². The Balaban J connectivity index is 1.88. The van der Waals surface area contributed by atoms with Crippen LogP contribution in [0.5, 0.6) is 0 Å². The maximum Gasteiger partial charge on any atom is 0.322 e. The summed E-state index contributed by atoms with van der Waals surface area (Å²) >= 11 is 6.71. The molecule has 2 N–H and O–H groups in total. The van der Waals surface area contributed by atoms with E-state index in [-0.39, 0.29) is 24.9 Å². The second-order valence-corrected chi connectivity index (χ2v) is 9.95. The summed E-state index contributed by atoms with van der Waals surface area (Å²) in [5, 5.41) is 12.8. The van der Waals surface area contributed by atoms with Gasteiger partial charge in [-0.15, -0.1) is 0 Å². The van der Waals surface area contributed by atoms with Gasteiger partial charge in [0.25, 0.3) is 0 Å². The van der Waals surface area contributed by atoms with Gasteiger partial charge in [-0.05, 0) is 66.2 Å². The lowest BCUT2D eigenvalue weighted by Crippen LogP contribution is -2.55. The molecule has 0 radical (unpaired) electrons. The quantitative estimate of drug-likeness (QED) is 0.576. The van der Waals surface area contributed by atoms with Crippen LogP contribution in [0.25, 0.3) is 0 Å². The first-order valence-corrected chi connectivity index (χ1v) is 11.2. The molecule has 1 fully saturated rings. The molecule has 1 heterocycles. The average Bonchev–Trinajstić information content (AvgIpc) is 2.60. The minimum absolute atomic E-state index is 0.0920. The Hall–Kier alpha value is -2.01. The fourth-order valence-electron chi connectivity index (χ4n) is 4.69. The molecule has 1 saturated carbocycles. The van der Waals surface area contributed by atoms with Gasteiger partial charge in [0.2, 0.25) is 0 Å². The summed E-state index contributed by atoms with van der Waals surface area (Å²) in [5.74, 6) is 1.24. The van der Waals surface area contributed by atoms with Crippen molar-refractivity contribution < 1.29 is 14.7 Å². The van der Waals surface area contributed by atoms with Crippen molar-refractivity contribution in [1.29, 1.82) is 0 Å². The van der Waals surface area contributed by atoms with Gasteiger partial charge in [-0.2, -0.15) is 0 Å². The van der Waals surface area contributed by atoms with Crippen LogP contribution in [0.15, 0.2) is 30.0 Å². The maximum atomic E-state index is 12.7. The minimum atomic E-state index is -0.922. The van der Waals surface area contributed by atoms with Crippen LogP contribution in [0.1, 0.15) is 70.9 Å². The standard InChI is InChI=1S/C24H33ClN2O3/c1-14(2)16-10-17(11-16)19-7-6-18(12-21(19)25)24(5)20(15(3)4)13-27(23(30)26-24)9-8-22(28)29/h6-7,12-17H,8-11H2,1-5H3,(H,26,30)(H,28,29)/t16-,17+,24-/m0/s1. The van der Waals surface area contributed by atoms with Gasteiger partial charge in [0.05, 0.1) is 12.0 Å². The summed E-state index contributed by atoms with van der Waals surface area (Å²) in [6.45, 7) is 10.8. The van der Waals surface area contributed by atoms with Gasteiger partial charge in [0.1, 0.15) is 0 Å². The number of urea groups is 1. The van der Waals surface area contributed by atoms with Gasteiger partial charge >= 0.3 is 12.0 Å². The third-order valence-electron chi connectivity index (χ3n) is 6.81. The van der Waals surface area contributed by atoms with Crippen molar-refractivity contribution in [2.24, 2.45) is 17.8 Å². The number of carbonyl (C=O) groups is 2. The summed E-state index contributed by atoms with van der Waals surface area (Å²) in [6, 6.07) is 5.89. The van der Waals surface area contributed by atoms with Crippen LogP contribution in [-0.2, 0) is 10.3 Å². The van der Waals surface area contributed by atoms with E-state index >= 15 is 0 Å². The first-order chi connectivity index (χ1) is 14.0. The molecule has 3 rings (SSSR count). The Labute approximate surface area is 184 Å². The lowest BCUT2D eigenvalue weighted by Gasteiger charge is -2.43. The smallest absolute Gasteiger partial charge is 0.322 e. The van der Waals surface area contributed by atoms with Crippen molar-refractivity contribution in [2.45, 2.75) is 65.3 Å². The lowest BCUT2D eigenvalue weighted by molar-refractivity contribution is -0.137. The van der Waals surface area contributed by atoms with Crippen LogP contribution in [0.3, 0.4) is 0 Å². The molecule has 1 aliphatic carbocycles. The molecular formula is C24H33ClN2O3. The number of hydrogen-bond acceptors (Lipinski definition) is 2. The first kappa shape index (κ1) is 22.7. The highest BCUT2D eigenvalue weighted by atomic mass is 35.5. The van der Waals surface area contributed by atoms with E-state index in [1.807, 2.05) is 19.2 Å². The summed E-state index contributed by atoms with van der Waals surface area (Å²) < 4.78 is 0. The molecule has 1 aliphatic heterocycles. The third kappa shape index (κ3) is 4.36. The molecule has 30 heavy (non-hydrogen) atoms. The number of amides is 2. The SMILES string of the molecule is CC(C)C1=CN(CCC(=O)O)C(=O)N[C@@]1(C)c1ccc([C@H]2C[C@@H](C(C)C)C2)c(Cl)c1. The molecule has 0 bridgehead atoms. The molecule has 6 heteroatoms. The number of rotatable bonds is 7. The number of halogens is 1. The summed E-state index contributed by atoms with van der Waals surface area (Å²) in [5.41, 5.74) is 2.48. The number of carboxylic acids is 1. The van der Waals surface area contributed by atoms with E-state index in [0.717, 1.165) is 22.1 Å². The Kier molecular flexibility index (Phi) is 6.51. The second kappa shape index (κ2) is 8.62. The van der Waals surface area contributed by atoms with Crippen LogP contribution >= 0.6 is 11.6 Å². The molecule has 2 amide bonds. The van der Waals surface area contributed by atoms with E-state index in [1.54, 1.807) is 0 Å². The Morgan fingerprint density at radius 2 is 1.97 bits per heavy atom. The fourth-order valence-corrected chi connectivity index (χ4v) is 5.03. The molecule has 2 aliphatic rings. The van der Waals surface area contributed by atoms with Crippen molar-refractivity contribution >= 4 is 23.6 Å². The molecule has 1 atom stereocenters. The van der Waals surface area contributed by atoms with Crippen molar-refractivity contribution in [3.05, 3.63) is 46.1 Å². The first-order valence-electron chi connectivity index (χ1n) is 10.9. The van der Waals surface area contributed by atoms with E-state index in [1.165, 1.54) is 23.3 Å². The normalized spacial score (nSPS) is 26.5. The number of nitrogens with one attached hydrogen (secondary N) is 1. The van der Waals surface area contributed by atoms with Gasteiger partial charge in [-0.3, -0.25) is 4.79 Å². The van der Waals surface area contributed by atoms with Crippen LogP contribution < -0.4 is 5.32 Å². The number of benzene rings is 1. The van der Waals surface area contributed by atoms with Gasteiger partial charge in [-0.1, -0.05) is 51.4 Å². The highest BCUT2D eigenvalue weighted by molar-refractivity contribution is 6.31. The maximum absolute atomic E-state index is 12.7. The molecule has 0 spiro atoms. The van der Waals surface area contributed by atoms with Gasteiger partial charge < -0.3 is 15.3 Å². The Bertz CT molecular complexity index is 858. The zero-order valence-electron chi connectivity index (χ0n) is 18.5. The largest absolute Gasteiger partial charge is 0.481 e. The molecule has 164 valence electrons. The van der Waals surface area contributed by atoms with Crippen LogP contribution in [0, 0.1) is 17.8 Å². The zero-order valence-corrected chi connectivity index (χ0v) is 19.3. The Morgan fingerprint density at radius 3 is 2.50 bits per heavy atom. The Morgan fingerprint density at radius 1 is 1.30 bits per heavy atom. The fraction of sp³-hybridized carbons (Fsp3) is 0.583. The second-order valence-electron chi connectivity index (χ2n) is 9.54. The number of hydrogen-bond donors (Lipinski definition) is 2. The van der Waals surface area contributed by atoms with Gasteiger partial charge in [-0.25, -0.2) is 4.79 Å². The van der Waals surface area contributed by atoms with Crippen molar-refractivity contribution in [3.63, 3.8) is 0 Å². The van der Waals surface area contributed by atoms with Crippen LogP contribution in [0.4, 0.5) is 4.79 Å². The highest BCUT2D eigenvalue weighted by Crippen LogP contribution is 2.48. The van der Waals surface area contributed by atoms with E-state index in [9.17, 15) is 9.59 Å². The number of aliphatic carboxylic acids is 1. The monoisotopic (exact) mass is 432 g/mol. The number of carboxylic acid groups (broad SMARTS) is 1. The molecule has 5 nitrogen and oxygen atoms in total. The van der Waals surface area contributed by atoms with Crippen molar-refractivity contribution in [2.75, 3.05) is 6.54 Å². The molecule has 0 unspecified atom stereocenters. The van der Waals surface area contributed by atoms with E-state index < -0.39 is 11.5 Å². The summed E-state index contributed by atoms with van der Waals surface area (Å²) in [4.78, 5) is 25.1. The summed E-state index contributed by atoms with van der Waals surface area (Å²) in [7, 11) is 0. The molecule has 1 aromatic rings. The van der Waals surface area contributed by atoms with E-state index in [4.69, 9.17) is 16.7 Å². The van der Waals surface area contributed by atoms with Crippen LogP contribution in [-0.4, -0.2) is 28.6 Å². The van der Waals surface area contributed by atoms with E-state index in [0.29, 0.717) is 11.8 Å². The van der Waals surface area contributed by atoms with Gasteiger partial charge in [0, 0.05) is 17.8 Å². The predicted octanol–water partition coefficient (Wildman–Crippen LogP) is 5.74. The zero-order chi connectivity index (χ0) is 22.2. The average molecular weight is 433 g/mol.